The molecule has 3 N–H and O–H groups in total. The zero-order valence-electron chi connectivity index (χ0n) is 15.1. The Kier molecular flexibility index (Phi) is 5.07. The van der Waals surface area contributed by atoms with Gasteiger partial charge < -0.3 is 10.4 Å². The molecule has 2 aliphatic rings. The topological polar surface area (TPSA) is 78.4 Å². The number of halogens is 1. The summed E-state index contributed by atoms with van der Waals surface area (Å²) in [7, 11) is -3.58. The van der Waals surface area contributed by atoms with Crippen LogP contribution in [-0.2, 0) is 10.0 Å². The molecule has 3 atom stereocenters. The predicted molar refractivity (Wildman–Crippen MR) is 114 cm³/mol. The van der Waals surface area contributed by atoms with Gasteiger partial charge in [0.25, 0.3) is 0 Å². The standard InChI is InChI=1S/C21H21BrN2O3S/c1-2-10-23-28(26,27)14-7-8-19-17(12-14)15-4-3-5-16(15)21(24-19)18-11-13(22)6-9-20(18)25/h2-4,6-9,11-12,15-16,21,23-25H,1,5,10H2. The lowest BCUT2D eigenvalue weighted by molar-refractivity contribution is 0.402. The monoisotopic (exact) mass is 460 g/mol. The fourth-order valence-corrected chi connectivity index (χ4v) is 5.49. The SMILES string of the molecule is C=CCNS(=O)(=O)c1ccc2c(c1)C1C=CCC1C(c1cc(Br)ccc1O)N2. The molecule has 28 heavy (non-hydrogen) atoms. The molecule has 0 saturated heterocycles. The Morgan fingerprint density at radius 1 is 1.25 bits per heavy atom. The van der Waals surface area contributed by atoms with E-state index in [1.54, 1.807) is 18.2 Å². The molecule has 0 amide bonds. The molecular formula is C21H21BrN2O3S. The summed E-state index contributed by atoms with van der Waals surface area (Å²) in [6.45, 7) is 3.74. The van der Waals surface area contributed by atoms with Gasteiger partial charge in [0.15, 0.2) is 0 Å². The molecule has 4 rings (SSSR count). The van der Waals surface area contributed by atoms with E-state index in [2.05, 4.69) is 44.7 Å². The molecule has 3 unspecified atom stereocenters. The highest BCUT2D eigenvalue weighted by Gasteiger charge is 2.39. The van der Waals surface area contributed by atoms with Crippen LogP contribution in [0.3, 0.4) is 0 Å². The van der Waals surface area contributed by atoms with Crippen molar-refractivity contribution in [1.29, 1.82) is 0 Å². The summed E-state index contributed by atoms with van der Waals surface area (Å²) in [5.74, 6) is 0.545. The molecule has 7 heteroatoms. The van der Waals surface area contributed by atoms with E-state index < -0.39 is 10.0 Å². The van der Waals surface area contributed by atoms with Crippen molar-refractivity contribution in [2.45, 2.75) is 23.3 Å². The van der Waals surface area contributed by atoms with Crippen LogP contribution in [0.4, 0.5) is 5.69 Å². The van der Waals surface area contributed by atoms with Gasteiger partial charge >= 0.3 is 0 Å². The Morgan fingerprint density at radius 3 is 2.86 bits per heavy atom. The zero-order valence-corrected chi connectivity index (χ0v) is 17.5. The first-order valence-corrected chi connectivity index (χ1v) is 11.3. The van der Waals surface area contributed by atoms with Gasteiger partial charge in [-0.15, -0.1) is 6.58 Å². The maximum absolute atomic E-state index is 12.5. The van der Waals surface area contributed by atoms with Crippen molar-refractivity contribution in [1.82, 2.24) is 4.72 Å². The van der Waals surface area contributed by atoms with Crippen molar-refractivity contribution < 1.29 is 13.5 Å². The quantitative estimate of drug-likeness (QED) is 0.576. The van der Waals surface area contributed by atoms with Crippen LogP contribution < -0.4 is 10.0 Å². The van der Waals surface area contributed by atoms with Gasteiger partial charge in [0.1, 0.15) is 5.75 Å². The molecule has 0 radical (unpaired) electrons. The third kappa shape index (κ3) is 3.38. The van der Waals surface area contributed by atoms with Crippen molar-refractivity contribution in [3.63, 3.8) is 0 Å². The number of hydrogen-bond donors (Lipinski definition) is 3. The number of anilines is 1. The van der Waals surface area contributed by atoms with Crippen LogP contribution in [-0.4, -0.2) is 20.1 Å². The molecule has 0 fully saturated rings. The maximum atomic E-state index is 12.5. The summed E-state index contributed by atoms with van der Waals surface area (Å²) in [5.41, 5.74) is 2.69. The summed E-state index contributed by atoms with van der Waals surface area (Å²) in [4.78, 5) is 0.248. The van der Waals surface area contributed by atoms with Gasteiger partial charge in [-0.2, -0.15) is 0 Å². The van der Waals surface area contributed by atoms with Crippen LogP contribution in [0, 0.1) is 5.92 Å². The van der Waals surface area contributed by atoms with E-state index in [9.17, 15) is 13.5 Å². The Morgan fingerprint density at radius 2 is 2.07 bits per heavy atom. The summed E-state index contributed by atoms with van der Waals surface area (Å²) in [6.07, 6.45) is 6.65. The Bertz CT molecular complexity index is 1070. The highest BCUT2D eigenvalue weighted by Crippen LogP contribution is 2.51. The highest BCUT2D eigenvalue weighted by molar-refractivity contribution is 9.10. The lowest BCUT2D eigenvalue weighted by Crippen LogP contribution is -2.30. The summed E-state index contributed by atoms with van der Waals surface area (Å²) < 4.78 is 28.4. The number of allylic oxidation sites excluding steroid dienone is 2. The summed E-state index contributed by atoms with van der Waals surface area (Å²) in [6, 6.07) is 10.5. The minimum atomic E-state index is -3.58. The van der Waals surface area contributed by atoms with E-state index in [0.29, 0.717) is 0 Å². The van der Waals surface area contributed by atoms with Crippen LogP contribution in [0.25, 0.3) is 0 Å². The smallest absolute Gasteiger partial charge is 0.240 e. The molecule has 1 heterocycles. The lowest BCUT2D eigenvalue weighted by Gasteiger charge is -2.38. The van der Waals surface area contributed by atoms with Gasteiger partial charge in [0.2, 0.25) is 10.0 Å². The lowest BCUT2D eigenvalue weighted by atomic mass is 9.77. The van der Waals surface area contributed by atoms with Crippen LogP contribution in [0.5, 0.6) is 5.75 Å². The van der Waals surface area contributed by atoms with Gasteiger partial charge in [0, 0.05) is 28.2 Å². The van der Waals surface area contributed by atoms with Crippen LogP contribution in [0.15, 0.2) is 70.6 Å². The first-order chi connectivity index (χ1) is 13.4. The molecule has 0 aromatic heterocycles. The highest BCUT2D eigenvalue weighted by atomic mass is 79.9. The number of phenols is 1. The molecule has 0 spiro atoms. The third-order valence-electron chi connectivity index (χ3n) is 5.39. The second-order valence-electron chi connectivity index (χ2n) is 7.07. The molecule has 0 bridgehead atoms. The number of rotatable bonds is 5. The molecule has 1 aliphatic heterocycles. The Balaban J connectivity index is 1.75. The fraction of sp³-hybridized carbons (Fsp3) is 0.238. The van der Waals surface area contributed by atoms with Crippen molar-refractivity contribution in [2.24, 2.45) is 5.92 Å². The largest absolute Gasteiger partial charge is 0.508 e. The minimum absolute atomic E-state index is 0.0636. The van der Waals surface area contributed by atoms with E-state index in [1.807, 2.05) is 18.2 Å². The number of benzene rings is 2. The van der Waals surface area contributed by atoms with E-state index in [4.69, 9.17) is 0 Å². The zero-order chi connectivity index (χ0) is 19.9. The van der Waals surface area contributed by atoms with Crippen molar-refractivity contribution in [3.05, 3.63) is 76.8 Å². The molecule has 2 aromatic rings. The maximum Gasteiger partial charge on any atom is 0.240 e. The first-order valence-electron chi connectivity index (χ1n) is 9.07. The average molecular weight is 461 g/mol. The second kappa shape index (κ2) is 7.39. The van der Waals surface area contributed by atoms with E-state index in [0.717, 1.165) is 27.7 Å². The van der Waals surface area contributed by atoms with Gasteiger partial charge in [-0.25, -0.2) is 13.1 Å². The van der Waals surface area contributed by atoms with Crippen LogP contribution in [0.1, 0.15) is 29.5 Å². The summed E-state index contributed by atoms with van der Waals surface area (Å²) in [5, 5.41) is 13.9. The molecule has 2 aromatic carbocycles. The summed E-state index contributed by atoms with van der Waals surface area (Å²) >= 11 is 3.48. The van der Waals surface area contributed by atoms with Gasteiger partial charge in [-0.05, 0) is 54.3 Å². The van der Waals surface area contributed by atoms with Crippen molar-refractivity contribution >= 4 is 31.6 Å². The van der Waals surface area contributed by atoms with Crippen molar-refractivity contribution in [3.8, 4) is 5.75 Å². The van der Waals surface area contributed by atoms with Gasteiger partial charge in [0.05, 0.1) is 10.9 Å². The normalized spacial score (nSPS) is 23.0. The van der Waals surface area contributed by atoms with Crippen LogP contribution in [0.2, 0.25) is 0 Å². The van der Waals surface area contributed by atoms with E-state index >= 15 is 0 Å². The first kappa shape index (κ1) is 19.2. The predicted octanol–water partition coefficient (Wildman–Crippen LogP) is 4.45. The van der Waals surface area contributed by atoms with Gasteiger partial charge in [-0.3, -0.25) is 0 Å². The number of sulfonamides is 1. The van der Waals surface area contributed by atoms with E-state index in [1.165, 1.54) is 6.08 Å². The second-order valence-corrected chi connectivity index (χ2v) is 9.75. The fourth-order valence-electron chi connectivity index (χ4n) is 4.07. The number of hydrogen-bond acceptors (Lipinski definition) is 4. The molecule has 1 aliphatic carbocycles. The molecular weight excluding hydrogens is 440 g/mol. The molecule has 0 saturated carbocycles. The Labute approximate surface area is 173 Å². The number of nitrogens with one attached hydrogen (secondary N) is 2. The third-order valence-corrected chi connectivity index (χ3v) is 7.30. The number of fused-ring (bicyclic) bond motifs is 3. The van der Waals surface area contributed by atoms with Crippen molar-refractivity contribution in [2.75, 3.05) is 11.9 Å². The number of phenolic OH excluding ortho intramolecular Hbond substituents is 1. The van der Waals surface area contributed by atoms with Crippen LogP contribution >= 0.6 is 15.9 Å². The minimum Gasteiger partial charge on any atom is -0.508 e. The van der Waals surface area contributed by atoms with E-state index in [-0.39, 0.29) is 35.1 Å². The number of aromatic hydroxyl groups is 1. The molecule has 146 valence electrons. The molecule has 5 nitrogen and oxygen atoms in total. The van der Waals surface area contributed by atoms with Gasteiger partial charge in [-0.1, -0.05) is 34.2 Å². The Hall–Kier alpha value is -2.09. The average Bonchev–Trinajstić information content (AvgIpc) is 3.17.